The first kappa shape index (κ1) is 13.4. The van der Waals surface area contributed by atoms with Gasteiger partial charge in [-0.3, -0.25) is 4.79 Å². The molecule has 0 bridgehead atoms. The van der Waals surface area contributed by atoms with Gasteiger partial charge in [0.15, 0.2) is 0 Å². The Morgan fingerprint density at radius 3 is 2.43 bits per heavy atom. The maximum atomic E-state index is 10.4. The Balaban J connectivity index is 3.77. The lowest BCUT2D eigenvalue weighted by atomic mass is 10.2. The summed E-state index contributed by atoms with van der Waals surface area (Å²) in [6.45, 7) is 9.22. The molecule has 0 spiro atoms. The molecular formula is C11H23NO2. The van der Waals surface area contributed by atoms with Gasteiger partial charge in [0.1, 0.15) is 0 Å². The Labute approximate surface area is 87.1 Å². The molecule has 0 saturated heterocycles. The number of aliphatic carboxylic acids is 1. The highest BCUT2D eigenvalue weighted by Crippen LogP contribution is 2.02. The maximum absolute atomic E-state index is 10.4. The number of carboxylic acids is 1. The predicted octanol–water partition coefficient (Wildman–Crippen LogP) is 2.22. The zero-order valence-electron chi connectivity index (χ0n) is 9.62. The van der Waals surface area contributed by atoms with Crippen LogP contribution in [-0.4, -0.2) is 35.6 Å². The smallest absolute Gasteiger partial charge is 0.304 e. The summed E-state index contributed by atoms with van der Waals surface area (Å²) in [5.74, 6) is -0.0871. The molecule has 0 rings (SSSR count). The normalized spacial score (nSPS) is 11.2. The summed E-state index contributed by atoms with van der Waals surface area (Å²) >= 11 is 0. The van der Waals surface area contributed by atoms with E-state index < -0.39 is 5.97 Å². The van der Waals surface area contributed by atoms with E-state index in [1.807, 2.05) is 0 Å². The molecule has 0 fully saturated rings. The molecular weight excluding hydrogens is 178 g/mol. The van der Waals surface area contributed by atoms with Gasteiger partial charge < -0.3 is 10.0 Å². The topological polar surface area (TPSA) is 40.5 Å². The van der Waals surface area contributed by atoms with E-state index in [4.69, 9.17) is 5.11 Å². The highest BCUT2D eigenvalue weighted by molar-refractivity contribution is 5.66. The largest absolute Gasteiger partial charge is 0.481 e. The third-order valence-corrected chi connectivity index (χ3v) is 2.09. The first-order valence-corrected chi connectivity index (χ1v) is 5.50. The van der Waals surface area contributed by atoms with Crippen molar-refractivity contribution in [2.75, 3.05) is 19.6 Å². The van der Waals surface area contributed by atoms with Gasteiger partial charge in [-0.05, 0) is 18.9 Å². The monoisotopic (exact) mass is 201 g/mol. The van der Waals surface area contributed by atoms with Crippen LogP contribution >= 0.6 is 0 Å². The van der Waals surface area contributed by atoms with E-state index in [1.54, 1.807) is 0 Å². The molecule has 0 aromatic heterocycles. The molecule has 1 N–H and O–H groups in total. The lowest BCUT2D eigenvalue weighted by Gasteiger charge is -2.23. The summed E-state index contributed by atoms with van der Waals surface area (Å²) in [6, 6.07) is 0. The van der Waals surface area contributed by atoms with Crippen molar-refractivity contribution in [3.05, 3.63) is 0 Å². The molecule has 14 heavy (non-hydrogen) atoms. The molecule has 0 aromatic carbocycles. The molecule has 0 amide bonds. The molecule has 0 aliphatic carbocycles. The Morgan fingerprint density at radius 2 is 2.00 bits per heavy atom. The SMILES string of the molecule is CCCCN(CCC(=O)O)CC(C)C. The number of carboxylic acid groups (broad SMARTS) is 1. The van der Waals surface area contributed by atoms with Gasteiger partial charge in [0.2, 0.25) is 0 Å². The number of nitrogens with zero attached hydrogens (tertiary/aromatic N) is 1. The first-order valence-electron chi connectivity index (χ1n) is 5.50. The summed E-state index contributed by atoms with van der Waals surface area (Å²) in [5, 5.41) is 8.60. The van der Waals surface area contributed by atoms with Crippen molar-refractivity contribution < 1.29 is 9.90 Å². The first-order chi connectivity index (χ1) is 6.56. The Morgan fingerprint density at radius 1 is 1.36 bits per heavy atom. The Kier molecular flexibility index (Phi) is 7.48. The van der Waals surface area contributed by atoms with Gasteiger partial charge in [0.05, 0.1) is 6.42 Å². The van der Waals surface area contributed by atoms with Gasteiger partial charge in [0.25, 0.3) is 0 Å². The van der Waals surface area contributed by atoms with E-state index in [1.165, 1.54) is 6.42 Å². The third kappa shape index (κ3) is 8.05. The minimum atomic E-state index is -0.699. The number of unbranched alkanes of at least 4 members (excludes halogenated alkanes) is 1. The van der Waals surface area contributed by atoms with E-state index in [0.717, 1.165) is 19.5 Å². The maximum Gasteiger partial charge on any atom is 0.304 e. The van der Waals surface area contributed by atoms with E-state index in [2.05, 4.69) is 25.7 Å². The van der Waals surface area contributed by atoms with Crippen LogP contribution < -0.4 is 0 Å². The van der Waals surface area contributed by atoms with Crippen LogP contribution in [0.5, 0.6) is 0 Å². The Bertz CT molecular complexity index is 157. The fraction of sp³-hybridized carbons (Fsp3) is 0.909. The molecule has 0 aliphatic heterocycles. The van der Waals surface area contributed by atoms with Gasteiger partial charge in [0, 0.05) is 13.1 Å². The van der Waals surface area contributed by atoms with E-state index in [-0.39, 0.29) is 6.42 Å². The highest BCUT2D eigenvalue weighted by atomic mass is 16.4. The average Bonchev–Trinajstić information content (AvgIpc) is 2.09. The molecule has 0 aliphatic rings. The van der Waals surface area contributed by atoms with Gasteiger partial charge in [-0.2, -0.15) is 0 Å². The van der Waals surface area contributed by atoms with Crippen molar-refractivity contribution in [3.8, 4) is 0 Å². The predicted molar refractivity (Wildman–Crippen MR) is 58.4 cm³/mol. The molecule has 0 heterocycles. The van der Waals surface area contributed by atoms with Crippen LogP contribution in [0.3, 0.4) is 0 Å². The lowest BCUT2D eigenvalue weighted by Crippen LogP contribution is -2.31. The van der Waals surface area contributed by atoms with Crippen molar-refractivity contribution in [3.63, 3.8) is 0 Å². The molecule has 0 saturated carbocycles. The molecule has 84 valence electrons. The summed E-state index contributed by atoms with van der Waals surface area (Å²) in [4.78, 5) is 12.7. The van der Waals surface area contributed by atoms with Gasteiger partial charge in [-0.1, -0.05) is 27.2 Å². The summed E-state index contributed by atoms with van der Waals surface area (Å²) in [5.41, 5.74) is 0. The van der Waals surface area contributed by atoms with Crippen molar-refractivity contribution in [1.29, 1.82) is 0 Å². The summed E-state index contributed by atoms with van der Waals surface area (Å²) in [7, 11) is 0. The van der Waals surface area contributed by atoms with Gasteiger partial charge >= 0.3 is 5.97 Å². The molecule has 0 unspecified atom stereocenters. The minimum absolute atomic E-state index is 0.260. The van der Waals surface area contributed by atoms with Crippen LogP contribution in [0.1, 0.15) is 40.0 Å². The number of hydrogen-bond donors (Lipinski definition) is 1. The van der Waals surface area contributed by atoms with Crippen molar-refractivity contribution in [2.24, 2.45) is 5.92 Å². The number of hydrogen-bond acceptors (Lipinski definition) is 2. The second-order valence-electron chi connectivity index (χ2n) is 4.19. The number of rotatable bonds is 8. The van der Waals surface area contributed by atoms with E-state index >= 15 is 0 Å². The number of carbonyl (C=O) groups is 1. The van der Waals surface area contributed by atoms with Gasteiger partial charge in [-0.25, -0.2) is 0 Å². The zero-order chi connectivity index (χ0) is 11.0. The standard InChI is InChI=1S/C11H23NO2/c1-4-5-7-12(9-10(2)3)8-6-11(13)14/h10H,4-9H2,1-3H3,(H,13,14). The quantitative estimate of drug-likeness (QED) is 0.654. The fourth-order valence-corrected chi connectivity index (χ4v) is 1.45. The van der Waals surface area contributed by atoms with Crippen LogP contribution in [0.15, 0.2) is 0 Å². The highest BCUT2D eigenvalue weighted by Gasteiger charge is 2.08. The zero-order valence-corrected chi connectivity index (χ0v) is 9.62. The van der Waals surface area contributed by atoms with Crippen molar-refractivity contribution in [1.82, 2.24) is 4.90 Å². The van der Waals surface area contributed by atoms with E-state index in [9.17, 15) is 4.79 Å². The lowest BCUT2D eigenvalue weighted by molar-refractivity contribution is -0.137. The van der Waals surface area contributed by atoms with Crippen molar-refractivity contribution in [2.45, 2.75) is 40.0 Å². The fourth-order valence-electron chi connectivity index (χ4n) is 1.45. The average molecular weight is 201 g/mol. The van der Waals surface area contributed by atoms with Crippen LogP contribution in [0.25, 0.3) is 0 Å². The molecule has 3 nitrogen and oxygen atoms in total. The summed E-state index contributed by atoms with van der Waals surface area (Å²) < 4.78 is 0. The second-order valence-corrected chi connectivity index (χ2v) is 4.19. The molecule has 0 aromatic rings. The Hall–Kier alpha value is -0.570. The molecule has 0 radical (unpaired) electrons. The molecule has 3 heteroatoms. The third-order valence-electron chi connectivity index (χ3n) is 2.09. The van der Waals surface area contributed by atoms with Crippen LogP contribution in [0.4, 0.5) is 0 Å². The van der Waals surface area contributed by atoms with Crippen LogP contribution in [0, 0.1) is 5.92 Å². The second kappa shape index (κ2) is 7.80. The van der Waals surface area contributed by atoms with Gasteiger partial charge in [-0.15, -0.1) is 0 Å². The van der Waals surface area contributed by atoms with E-state index in [0.29, 0.717) is 12.5 Å². The molecule has 0 atom stereocenters. The van der Waals surface area contributed by atoms with Crippen LogP contribution in [0.2, 0.25) is 0 Å². The summed E-state index contributed by atoms with van der Waals surface area (Å²) in [6.07, 6.45) is 2.59. The minimum Gasteiger partial charge on any atom is -0.481 e. The van der Waals surface area contributed by atoms with Crippen molar-refractivity contribution >= 4 is 5.97 Å². The van der Waals surface area contributed by atoms with Crippen LogP contribution in [-0.2, 0) is 4.79 Å².